The normalized spacial score (nSPS) is 13.5. The van der Waals surface area contributed by atoms with Crippen molar-refractivity contribution in [3.8, 4) is 28.7 Å². The Morgan fingerprint density at radius 1 is 0.974 bits per heavy atom. The van der Waals surface area contributed by atoms with Gasteiger partial charge in [0.25, 0.3) is 0 Å². The van der Waals surface area contributed by atoms with Gasteiger partial charge < -0.3 is 11.1 Å². The summed E-state index contributed by atoms with van der Waals surface area (Å²) in [5.41, 5.74) is 9.53. The van der Waals surface area contributed by atoms with Crippen LogP contribution in [0.4, 0.5) is 10.2 Å². The Bertz CT molecular complexity index is 1580. The molecule has 0 saturated heterocycles. The maximum atomic E-state index is 14.2. The molecule has 5 aromatic rings. The number of pyridine rings is 1. The second-order valence-corrected chi connectivity index (χ2v) is 9.30. The van der Waals surface area contributed by atoms with Gasteiger partial charge in [0, 0.05) is 48.7 Å². The number of nitrogens with zero attached hydrogens (tertiary/aromatic N) is 6. The molecular weight excluding hydrogens is 479 g/mol. The lowest BCUT2D eigenvalue weighted by molar-refractivity contribution is 0.441. The van der Waals surface area contributed by atoms with Gasteiger partial charge in [0.2, 0.25) is 0 Å². The zero-order valence-electron chi connectivity index (χ0n) is 21.2. The van der Waals surface area contributed by atoms with Crippen molar-refractivity contribution in [2.24, 2.45) is 5.73 Å². The van der Waals surface area contributed by atoms with Gasteiger partial charge in [0.05, 0.1) is 28.1 Å². The molecule has 0 aliphatic heterocycles. The molecule has 38 heavy (non-hydrogen) atoms. The topological polar surface area (TPSA) is 110 Å². The Balaban J connectivity index is 0.000000366. The van der Waals surface area contributed by atoms with Crippen molar-refractivity contribution in [2.45, 2.75) is 38.1 Å². The van der Waals surface area contributed by atoms with E-state index in [1.54, 1.807) is 34.9 Å². The summed E-state index contributed by atoms with van der Waals surface area (Å²) in [6.07, 6.45) is 12.0. The SMILES string of the molecule is CNc1cc(-c2ccc(C#N)c(F)c2)n(-c2ccc3nn(-c4ccncc4)cc3c2)n1.NC1CCCCC1. The average Bonchev–Trinajstić information content (AvgIpc) is 3.58. The van der Waals surface area contributed by atoms with Crippen LogP contribution in [-0.4, -0.2) is 37.6 Å². The Kier molecular flexibility index (Phi) is 7.43. The fraction of sp³-hybridized carbons (Fsp3) is 0.241. The largest absolute Gasteiger partial charge is 0.372 e. The summed E-state index contributed by atoms with van der Waals surface area (Å²) >= 11 is 0. The predicted octanol–water partition coefficient (Wildman–Crippen LogP) is 5.60. The van der Waals surface area contributed by atoms with E-state index in [2.05, 4.69) is 20.5 Å². The van der Waals surface area contributed by atoms with Crippen LogP contribution in [0.15, 0.2) is 73.2 Å². The van der Waals surface area contributed by atoms with Gasteiger partial charge in [-0.25, -0.2) is 13.8 Å². The van der Waals surface area contributed by atoms with Crippen molar-refractivity contribution in [1.29, 1.82) is 5.26 Å². The highest BCUT2D eigenvalue weighted by atomic mass is 19.1. The van der Waals surface area contributed by atoms with E-state index in [0.717, 1.165) is 22.3 Å². The fourth-order valence-electron chi connectivity index (χ4n) is 4.58. The maximum Gasteiger partial charge on any atom is 0.148 e. The highest BCUT2D eigenvalue weighted by Gasteiger charge is 2.15. The van der Waals surface area contributed by atoms with Crippen molar-refractivity contribution in [1.82, 2.24) is 24.5 Å². The third-order valence-electron chi connectivity index (χ3n) is 6.66. The van der Waals surface area contributed by atoms with Crippen LogP contribution in [0.25, 0.3) is 33.5 Å². The molecule has 0 radical (unpaired) electrons. The molecule has 0 amide bonds. The Labute approximate surface area is 220 Å². The number of nitrogens with one attached hydrogen (secondary N) is 1. The van der Waals surface area contributed by atoms with Crippen molar-refractivity contribution >= 4 is 16.7 Å². The molecule has 3 N–H and O–H groups in total. The number of nitriles is 1. The molecule has 0 atom stereocenters. The van der Waals surface area contributed by atoms with Gasteiger partial charge in [-0.05, 0) is 55.3 Å². The van der Waals surface area contributed by atoms with Gasteiger partial charge >= 0.3 is 0 Å². The lowest BCUT2D eigenvalue weighted by Crippen LogP contribution is -2.22. The van der Waals surface area contributed by atoms with Crippen molar-refractivity contribution in [3.05, 3.63) is 84.6 Å². The minimum absolute atomic E-state index is 0.00796. The van der Waals surface area contributed by atoms with Crippen LogP contribution in [0.3, 0.4) is 0 Å². The molecule has 3 aromatic heterocycles. The fourth-order valence-corrected chi connectivity index (χ4v) is 4.58. The predicted molar refractivity (Wildman–Crippen MR) is 147 cm³/mol. The molecule has 0 bridgehead atoms. The number of halogens is 1. The zero-order chi connectivity index (χ0) is 26.5. The maximum absolute atomic E-state index is 14.2. The van der Waals surface area contributed by atoms with E-state index in [4.69, 9.17) is 11.0 Å². The van der Waals surface area contributed by atoms with Crippen LogP contribution < -0.4 is 11.1 Å². The summed E-state index contributed by atoms with van der Waals surface area (Å²) in [7, 11) is 1.78. The van der Waals surface area contributed by atoms with Gasteiger partial charge in [0.1, 0.15) is 17.7 Å². The van der Waals surface area contributed by atoms with Crippen LogP contribution in [0.5, 0.6) is 0 Å². The van der Waals surface area contributed by atoms with Gasteiger partial charge in [-0.15, -0.1) is 5.10 Å². The standard InChI is InChI=1S/C23H16FN7.C6H13N/c1-26-23-12-22(15-2-3-16(13-25)20(24)11-15)31(29-23)19-4-5-21-17(10-19)14-30(28-21)18-6-8-27-9-7-18;7-6-4-2-1-3-5-6/h2-12,14H,1H3,(H,26,29);6H,1-5,7H2. The first-order valence-electron chi connectivity index (χ1n) is 12.7. The quantitative estimate of drug-likeness (QED) is 0.327. The monoisotopic (exact) mass is 508 g/mol. The lowest BCUT2D eigenvalue weighted by Gasteiger charge is -2.15. The van der Waals surface area contributed by atoms with Crippen LogP contribution in [0.1, 0.15) is 37.7 Å². The zero-order valence-corrected chi connectivity index (χ0v) is 21.2. The third-order valence-corrected chi connectivity index (χ3v) is 6.66. The molecule has 0 spiro atoms. The van der Waals surface area contributed by atoms with E-state index in [1.807, 2.05) is 48.7 Å². The lowest BCUT2D eigenvalue weighted by atomic mass is 9.97. The van der Waals surface area contributed by atoms with E-state index in [0.29, 0.717) is 23.1 Å². The van der Waals surface area contributed by atoms with Crippen molar-refractivity contribution in [3.63, 3.8) is 0 Å². The second kappa shape index (κ2) is 11.2. The minimum Gasteiger partial charge on any atom is -0.372 e. The smallest absolute Gasteiger partial charge is 0.148 e. The van der Waals surface area contributed by atoms with Gasteiger partial charge in [-0.3, -0.25) is 4.98 Å². The number of hydrogen-bond acceptors (Lipinski definition) is 6. The number of anilines is 1. The summed E-state index contributed by atoms with van der Waals surface area (Å²) in [6, 6.07) is 18.4. The molecule has 2 aromatic carbocycles. The van der Waals surface area contributed by atoms with E-state index >= 15 is 0 Å². The molecule has 0 unspecified atom stereocenters. The van der Waals surface area contributed by atoms with Crippen LogP contribution >= 0.6 is 0 Å². The highest BCUT2D eigenvalue weighted by molar-refractivity contribution is 5.81. The summed E-state index contributed by atoms with van der Waals surface area (Å²) < 4.78 is 17.8. The van der Waals surface area contributed by atoms with E-state index in [-0.39, 0.29) is 5.56 Å². The number of rotatable bonds is 4. The molecule has 8 nitrogen and oxygen atoms in total. The van der Waals surface area contributed by atoms with E-state index in [9.17, 15) is 4.39 Å². The summed E-state index contributed by atoms with van der Waals surface area (Å²) in [5, 5.41) is 22.2. The number of hydrogen-bond donors (Lipinski definition) is 2. The Hall–Kier alpha value is -4.55. The van der Waals surface area contributed by atoms with Gasteiger partial charge in [-0.1, -0.05) is 25.3 Å². The van der Waals surface area contributed by atoms with Crippen molar-refractivity contribution < 1.29 is 4.39 Å². The molecule has 1 aliphatic carbocycles. The Morgan fingerprint density at radius 2 is 1.76 bits per heavy atom. The minimum atomic E-state index is -0.562. The molecule has 9 heteroatoms. The van der Waals surface area contributed by atoms with E-state index in [1.165, 1.54) is 44.2 Å². The molecule has 3 heterocycles. The second-order valence-electron chi connectivity index (χ2n) is 9.30. The van der Waals surface area contributed by atoms with Crippen LogP contribution in [0, 0.1) is 17.1 Å². The third kappa shape index (κ3) is 5.41. The number of benzene rings is 2. The first-order chi connectivity index (χ1) is 18.6. The van der Waals surface area contributed by atoms with E-state index < -0.39 is 5.82 Å². The average molecular weight is 509 g/mol. The molecule has 6 rings (SSSR count). The first kappa shape index (κ1) is 25.1. The molecule has 1 fully saturated rings. The summed E-state index contributed by atoms with van der Waals surface area (Å²) in [6.45, 7) is 0. The number of fused-ring (bicyclic) bond motifs is 1. The van der Waals surface area contributed by atoms with Gasteiger partial charge in [0.15, 0.2) is 0 Å². The van der Waals surface area contributed by atoms with Crippen LogP contribution in [-0.2, 0) is 0 Å². The molecular formula is C29H29FN8. The summed E-state index contributed by atoms with van der Waals surface area (Å²) in [5.74, 6) is 0.0835. The molecule has 1 aliphatic rings. The Morgan fingerprint density at radius 3 is 2.42 bits per heavy atom. The number of aromatic nitrogens is 5. The van der Waals surface area contributed by atoms with Crippen LogP contribution in [0.2, 0.25) is 0 Å². The first-order valence-corrected chi connectivity index (χ1v) is 12.7. The molecule has 1 saturated carbocycles. The highest BCUT2D eigenvalue weighted by Crippen LogP contribution is 2.29. The number of nitrogens with two attached hydrogens (primary N) is 1. The van der Waals surface area contributed by atoms with Gasteiger partial charge in [-0.2, -0.15) is 10.4 Å². The molecule has 192 valence electrons. The van der Waals surface area contributed by atoms with Crippen molar-refractivity contribution in [2.75, 3.05) is 12.4 Å². The summed E-state index contributed by atoms with van der Waals surface area (Å²) in [4.78, 5) is 4.04.